The molecule has 1 aromatic carbocycles. The molecule has 0 saturated carbocycles. The molecule has 0 amide bonds. The number of carbonyl (C=O) groups excluding carboxylic acids is 1. The van der Waals surface area contributed by atoms with E-state index < -0.39 is 0 Å². The molecule has 0 aromatic heterocycles. The molecule has 0 heterocycles. The molecule has 0 aliphatic heterocycles. The average molecular weight is 234 g/mol. The van der Waals surface area contributed by atoms with Crippen LogP contribution in [0.25, 0.3) is 0 Å². The first kappa shape index (κ1) is 13.9. The van der Waals surface area contributed by atoms with Gasteiger partial charge in [0.25, 0.3) is 0 Å². The average Bonchev–Trinajstić information content (AvgIpc) is 2.34. The Morgan fingerprint density at radius 2 is 2.12 bits per heavy atom. The van der Waals surface area contributed by atoms with E-state index in [0.29, 0.717) is 11.5 Å². The van der Waals surface area contributed by atoms with Gasteiger partial charge in [0.2, 0.25) is 0 Å². The van der Waals surface area contributed by atoms with Crippen LogP contribution in [0.4, 0.5) is 0 Å². The Morgan fingerprint density at radius 3 is 2.71 bits per heavy atom. The lowest BCUT2D eigenvalue weighted by molar-refractivity contribution is 0.0432. The van der Waals surface area contributed by atoms with Gasteiger partial charge >= 0.3 is 0 Å². The number of benzene rings is 1. The Balaban J connectivity index is 2.62. The summed E-state index contributed by atoms with van der Waals surface area (Å²) in [6, 6.07) is 7.66. The maximum Gasteiger partial charge on any atom is 0.150 e. The van der Waals surface area contributed by atoms with Gasteiger partial charge in [0.1, 0.15) is 6.29 Å². The van der Waals surface area contributed by atoms with E-state index in [1.54, 1.807) is 0 Å². The molecule has 1 rings (SSSR count). The van der Waals surface area contributed by atoms with Crippen LogP contribution >= 0.6 is 0 Å². The molecule has 1 unspecified atom stereocenters. The fraction of sp³-hybridized carbons (Fsp3) is 0.533. The van der Waals surface area contributed by atoms with E-state index in [0.717, 1.165) is 31.3 Å². The summed E-state index contributed by atoms with van der Waals surface area (Å²) in [5.41, 5.74) is 1.81. The summed E-state index contributed by atoms with van der Waals surface area (Å²) in [4.78, 5) is 10.7. The SMILES string of the molecule is CCC(OCCC(C)C)c1cccc(C=O)c1. The standard InChI is InChI=1S/C15H22O2/c1-4-15(17-9-8-12(2)3)14-7-5-6-13(10-14)11-16/h5-7,10-12,15H,4,8-9H2,1-3H3. The van der Waals surface area contributed by atoms with Crippen molar-refractivity contribution in [3.63, 3.8) is 0 Å². The van der Waals surface area contributed by atoms with Gasteiger partial charge in [-0.25, -0.2) is 0 Å². The van der Waals surface area contributed by atoms with Crippen LogP contribution in [0.1, 0.15) is 55.6 Å². The maximum absolute atomic E-state index is 10.7. The first-order valence-corrected chi connectivity index (χ1v) is 6.34. The van der Waals surface area contributed by atoms with Gasteiger partial charge in [-0.3, -0.25) is 4.79 Å². The molecular weight excluding hydrogens is 212 g/mol. The lowest BCUT2D eigenvalue weighted by Crippen LogP contribution is -2.06. The third kappa shape index (κ3) is 4.70. The van der Waals surface area contributed by atoms with Crippen LogP contribution in [0.2, 0.25) is 0 Å². The Labute approximate surface area is 104 Å². The molecule has 0 aliphatic carbocycles. The van der Waals surface area contributed by atoms with Gasteiger partial charge in [-0.05, 0) is 30.4 Å². The lowest BCUT2D eigenvalue weighted by Gasteiger charge is -2.17. The Morgan fingerprint density at radius 1 is 1.35 bits per heavy atom. The minimum Gasteiger partial charge on any atom is -0.374 e. The second-order valence-corrected chi connectivity index (χ2v) is 4.74. The van der Waals surface area contributed by atoms with Gasteiger partial charge in [-0.15, -0.1) is 0 Å². The summed E-state index contributed by atoms with van der Waals surface area (Å²) in [5, 5.41) is 0. The lowest BCUT2D eigenvalue weighted by atomic mass is 10.0. The van der Waals surface area contributed by atoms with E-state index in [2.05, 4.69) is 20.8 Å². The van der Waals surface area contributed by atoms with Crippen LogP contribution in [0.5, 0.6) is 0 Å². The molecule has 0 aliphatic rings. The number of hydrogen-bond donors (Lipinski definition) is 0. The van der Waals surface area contributed by atoms with Gasteiger partial charge in [0, 0.05) is 12.2 Å². The normalized spacial score (nSPS) is 12.7. The van der Waals surface area contributed by atoms with Crippen molar-refractivity contribution in [3.8, 4) is 0 Å². The van der Waals surface area contributed by atoms with Crippen molar-refractivity contribution in [3.05, 3.63) is 35.4 Å². The minimum atomic E-state index is 0.105. The van der Waals surface area contributed by atoms with Crippen molar-refractivity contribution in [1.29, 1.82) is 0 Å². The second kappa shape index (κ2) is 7.23. The molecule has 1 atom stereocenters. The first-order valence-electron chi connectivity index (χ1n) is 6.34. The van der Waals surface area contributed by atoms with Crippen molar-refractivity contribution in [2.45, 2.75) is 39.7 Å². The molecule has 0 radical (unpaired) electrons. The van der Waals surface area contributed by atoms with Crippen LogP contribution < -0.4 is 0 Å². The summed E-state index contributed by atoms with van der Waals surface area (Å²) >= 11 is 0. The molecule has 0 spiro atoms. The Kier molecular flexibility index (Phi) is 5.92. The van der Waals surface area contributed by atoms with Crippen molar-refractivity contribution >= 4 is 6.29 Å². The van der Waals surface area contributed by atoms with E-state index in [1.807, 2.05) is 24.3 Å². The van der Waals surface area contributed by atoms with E-state index in [1.165, 1.54) is 0 Å². The molecule has 0 fully saturated rings. The van der Waals surface area contributed by atoms with Gasteiger partial charge in [0.15, 0.2) is 0 Å². The quantitative estimate of drug-likeness (QED) is 0.666. The largest absolute Gasteiger partial charge is 0.374 e. The Bertz CT molecular complexity index is 345. The molecule has 0 bridgehead atoms. The number of ether oxygens (including phenoxy) is 1. The third-order valence-corrected chi connectivity index (χ3v) is 2.80. The molecule has 2 nitrogen and oxygen atoms in total. The van der Waals surface area contributed by atoms with E-state index in [-0.39, 0.29) is 6.10 Å². The van der Waals surface area contributed by atoms with Gasteiger partial charge < -0.3 is 4.74 Å². The van der Waals surface area contributed by atoms with Gasteiger partial charge in [0.05, 0.1) is 6.10 Å². The maximum atomic E-state index is 10.7. The number of rotatable bonds is 7. The predicted octanol–water partition coefficient (Wildman–Crippen LogP) is 4.01. The number of carbonyl (C=O) groups is 1. The first-order chi connectivity index (χ1) is 8.17. The molecule has 2 heteroatoms. The summed E-state index contributed by atoms with van der Waals surface area (Å²) in [5.74, 6) is 0.661. The van der Waals surface area contributed by atoms with E-state index >= 15 is 0 Å². The third-order valence-electron chi connectivity index (χ3n) is 2.80. The summed E-state index contributed by atoms with van der Waals surface area (Å²) in [6.45, 7) is 7.27. The zero-order valence-electron chi connectivity index (χ0n) is 11.0. The summed E-state index contributed by atoms with van der Waals surface area (Å²) in [6.07, 6.45) is 2.99. The zero-order valence-corrected chi connectivity index (χ0v) is 11.0. The topological polar surface area (TPSA) is 26.3 Å². The molecule has 0 N–H and O–H groups in total. The highest BCUT2D eigenvalue weighted by atomic mass is 16.5. The van der Waals surface area contributed by atoms with Crippen molar-refractivity contribution in [2.75, 3.05) is 6.61 Å². The van der Waals surface area contributed by atoms with E-state index in [4.69, 9.17) is 4.74 Å². The molecule has 17 heavy (non-hydrogen) atoms. The fourth-order valence-electron chi connectivity index (χ4n) is 1.73. The highest BCUT2D eigenvalue weighted by Gasteiger charge is 2.10. The fourth-order valence-corrected chi connectivity index (χ4v) is 1.73. The van der Waals surface area contributed by atoms with Crippen LogP contribution in [0.15, 0.2) is 24.3 Å². The van der Waals surface area contributed by atoms with Crippen molar-refractivity contribution in [2.24, 2.45) is 5.92 Å². The van der Waals surface area contributed by atoms with Gasteiger partial charge in [-0.2, -0.15) is 0 Å². The molecule has 0 saturated heterocycles. The van der Waals surface area contributed by atoms with Crippen molar-refractivity contribution < 1.29 is 9.53 Å². The summed E-state index contributed by atoms with van der Waals surface area (Å²) in [7, 11) is 0. The zero-order chi connectivity index (χ0) is 12.7. The molecule has 94 valence electrons. The molecular formula is C15H22O2. The smallest absolute Gasteiger partial charge is 0.150 e. The second-order valence-electron chi connectivity index (χ2n) is 4.74. The minimum absolute atomic E-state index is 0.105. The van der Waals surface area contributed by atoms with Crippen LogP contribution in [0, 0.1) is 5.92 Å². The predicted molar refractivity (Wildman–Crippen MR) is 70.3 cm³/mol. The van der Waals surface area contributed by atoms with E-state index in [9.17, 15) is 4.79 Å². The van der Waals surface area contributed by atoms with Crippen LogP contribution in [0.3, 0.4) is 0 Å². The monoisotopic (exact) mass is 234 g/mol. The van der Waals surface area contributed by atoms with Gasteiger partial charge in [-0.1, -0.05) is 39.0 Å². The van der Waals surface area contributed by atoms with Crippen LogP contribution in [-0.2, 0) is 4.74 Å². The number of aldehydes is 1. The van der Waals surface area contributed by atoms with Crippen LogP contribution in [-0.4, -0.2) is 12.9 Å². The highest BCUT2D eigenvalue weighted by molar-refractivity contribution is 5.74. The Hall–Kier alpha value is -1.15. The molecule has 1 aromatic rings. The number of hydrogen-bond acceptors (Lipinski definition) is 2. The van der Waals surface area contributed by atoms with Crippen molar-refractivity contribution in [1.82, 2.24) is 0 Å². The summed E-state index contributed by atoms with van der Waals surface area (Å²) < 4.78 is 5.87. The highest BCUT2D eigenvalue weighted by Crippen LogP contribution is 2.22.